The van der Waals surface area contributed by atoms with Gasteiger partial charge in [0.25, 0.3) is 0 Å². The van der Waals surface area contributed by atoms with Gasteiger partial charge in [0.2, 0.25) is 0 Å². The molecule has 0 radical (unpaired) electrons. The van der Waals surface area contributed by atoms with Crippen LogP contribution in [0.2, 0.25) is 0 Å². The number of anilines is 1. The van der Waals surface area contributed by atoms with E-state index in [1.165, 1.54) is 6.26 Å². The van der Waals surface area contributed by atoms with Gasteiger partial charge < -0.3 is 10.2 Å². The quantitative estimate of drug-likeness (QED) is 0.841. The molecule has 0 aliphatic heterocycles. The SMILES string of the molecule is C=CN/C(=C\C)CN(c1cccc(S(C)(=O)=O)c1)C(C)C. The van der Waals surface area contributed by atoms with E-state index >= 15 is 0 Å². The van der Waals surface area contributed by atoms with Crippen LogP contribution in [0, 0.1) is 0 Å². The second-order valence-electron chi connectivity index (χ2n) is 5.15. The van der Waals surface area contributed by atoms with E-state index in [0.29, 0.717) is 11.4 Å². The van der Waals surface area contributed by atoms with E-state index in [4.69, 9.17) is 0 Å². The van der Waals surface area contributed by atoms with Crippen molar-refractivity contribution < 1.29 is 8.42 Å². The third kappa shape index (κ3) is 4.93. The maximum absolute atomic E-state index is 11.7. The van der Waals surface area contributed by atoms with Gasteiger partial charge in [-0.25, -0.2) is 8.42 Å². The topological polar surface area (TPSA) is 49.4 Å². The predicted octanol–water partition coefficient (Wildman–Crippen LogP) is 2.94. The highest BCUT2D eigenvalue weighted by Gasteiger charge is 2.15. The fraction of sp³-hybridized carbons (Fsp3) is 0.375. The number of rotatable bonds is 7. The molecule has 1 aromatic rings. The third-order valence-electron chi connectivity index (χ3n) is 3.18. The van der Waals surface area contributed by atoms with Gasteiger partial charge >= 0.3 is 0 Å². The van der Waals surface area contributed by atoms with Crippen molar-refractivity contribution in [2.45, 2.75) is 31.7 Å². The highest BCUT2D eigenvalue weighted by atomic mass is 32.2. The van der Waals surface area contributed by atoms with Crippen molar-refractivity contribution in [2.75, 3.05) is 17.7 Å². The van der Waals surface area contributed by atoms with E-state index in [2.05, 4.69) is 30.6 Å². The third-order valence-corrected chi connectivity index (χ3v) is 4.29. The van der Waals surface area contributed by atoms with Crippen LogP contribution in [0.1, 0.15) is 20.8 Å². The van der Waals surface area contributed by atoms with Crippen molar-refractivity contribution in [1.82, 2.24) is 5.32 Å². The lowest BCUT2D eigenvalue weighted by molar-refractivity contribution is 0.601. The summed E-state index contributed by atoms with van der Waals surface area (Å²) in [6.45, 7) is 10.4. The molecule has 1 rings (SSSR count). The fourth-order valence-corrected chi connectivity index (χ4v) is 2.66. The number of nitrogens with zero attached hydrogens (tertiary/aromatic N) is 1. The lowest BCUT2D eigenvalue weighted by Gasteiger charge is -2.30. The van der Waals surface area contributed by atoms with Crippen molar-refractivity contribution >= 4 is 15.5 Å². The number of benzene rings is 1. The van der Waals surface area contributed by atoms with E-state index in [1.807, 2.05) is 19.1 Å². The monoisotopic (exact) mass is 308 g/mol. The molecule has 0 atom stereocenters. The Hall–Kier alpha value is -1.75. The summed E-state index contributed by atoms with van der Waals surface area (Å²) < 4.78 is 23.4. The van der Waals surface area contributed by atoms with E-state index in [0.717, 1.165) is 11.4 Å². The number of sulfone groups is 1. The molecule has 0 amide bonds. The van der Waals surface area contributed by atoms with Gasteiger partial charge in [-0.15, -0.1) is 0 Å². The van der Waals surface area contributed by atoms with Crippen LogP contribution < -0.4 is 10.2 Å². The Morgan fingerprint density at radius 1 is 1.43 bits per heavy atom. The molecule has 0 spiro atoms. The first kappa shape index (κ1) is 17.3. The fourth-order valence-electron chi connectivity index (χ4n) is 2.00. The summed E-state index contributed by atoms with van der Waals surface area (Å²) in [6, 6.07) is 7.28. The van der Waals surface area contributed by atoms with Gasteiger partial charge in [-0.05, 0) is 45.2 Å². The normalized spacial score (nSPS) is 12.3. The van der Waals surface area contributed by atoms with Gasteiger partial charge in [-0.2, -0.15) is 0 Å². The molecular weight excluding hydrogens is 284 g/mol. The number of hydrogen-bond donors (Lipinski definition) is 1. The molecule has 1 N–H and O–H groups in total. The Morgan fingerprint density at radius 2 is 2.10 bits per heavy atom. The minimum Gasteiger partial charge on any atom is -0.364 e. The molecule has 0 aliphatic carbocycles. The molecule has 0 aromatic heterocycles. The van der Waals surface area contributed by atoms with Gasteiger partial charge in [0.05, 0.1) is 11.4 Å². The van der Waals surface area contributed by atoms with Gasteiger partial charge in [-0.1, -0.05) is 18.7 Å². The molecule has 0 heterocycles. The Morgan fingerprint density at radius 3 is 2.57 bits per heavy atom. The Labute approximate surface area is 128 Å². The Kier molecular flexibility index (Phi) is 6.03. The van der Waals surface area contributed by atoms with Crippen LogP contribution in [0.15, 0.2) is 53.7 Å². The smallest absolute Gasteiger partial charge is 0.175 e. The molecule has 0 saturated heterocycles. The zero-order valence-electron chi connectivity index (χ0n) is 13.1. The zero-order chi connectivity index (χ0) is 16.0. The minimum absolute atomic E-state index is 0.237. The van der Waals surface area contributed by atoms with Crippen LogP contribution >= 0.6 is 0 Å². The van der Waals surface area contributed by atoms with Crippen molar-refractivity contribution in [3.05, 3.63) is 48.8 Å². The van der Waals surface area contributed by atoms with Crippen molar-refractivity contribution in [1.29, 1.82) is 0 Å². The van der Waals surface area contributed by atoms with Crippen molar-refractivity contribution in [2.24, 2.45) is 0 Å². The van der Waals surface area contributed by atoms with E-state index in [1.54, 1.807) is 24.4 Å². The molecule has 5 heteroatoms. The van der Waals surface area contributed by atoms with Crippen LogP contribution in [0.25, 0.3) is 0 Å². The highest BCUT2D eigenvalue weighted by molar-refractivity contribution is 7.90. The molecule has 0 aliphatic rings. The van der Waals surface area contributed by atoms with Crippen LogP contribution in [-0.2, 0) is 9.84 Å². The zero-order valence-corrected chi connectivity index (χ0v) is 13.9. The first-order valence-electron chi connectivity index (χ1n) is 6.89. The maximum atomic E-state index is 11.7. The second kappa shape index (κ2) is 7.31. The first-order valence-corrected chi connectivity index (χ1v) is 8.78. The molecule has 0 fully saturated rings. The van der Waals surface area contributed by atoms with Crippen LogP contribution in [0.4, 0.5) is 5.69 Å². The van der Waals surface area contributed by atoms with E-state index < -0.39 is 9.84 Å². The van der Waals surface area contributed by atoms with Crippen molar-refractivity contribution in [3.63, 3.8) is 0 Å². The molecule has 116 valence electrons. The van der Waals surface area contributed by atoms with Gasteiger partial charge in [0.1, 0.15) is 0 Å². The molecular formula is C16H24N2O2S. The number of allylic oxidation sites excluding steroid dienone is 1. The molecule has 0 unspecified atom stereocenters. The number of nitrogens with one attached hydrogen (secondary N) is 1. The van der Waals surface area contributed by atoms with E-state index in [9.17, 15) is 8.42 Å². The lowest BCUT2D eigenvalue weighted by atomic mass is 10.2. The molecule has 1 aromatic carbocycles. The second-order valence-corrected chi connectivity index (χ2v) is 7.17. The molecule has 0 saturated carbocycles. The largest absolute Gasteiger partial charge is 0.364 e. The molecule has 4 nitrogen and oxygen atoms in total. The number of hydrogen-bond acceptors (Lipinski definition) is 4. The van der Waals surface area contributed by atoms with Gasteiger partial charge in [0.15, 0.2) is 9.84 Å². The molecule has 21 heavy (non-hydrogen) atoms. The average molecular weight is 308 g/mol. The summed E-state index contributed by atoms with van der Waals surface area (Å²) in [5.74, 6) is 0. The summed E-state index contributed by atoms with van der Waals surface area (Å²) in [4.78, 5) is 2.48. The van der Waals surface area contributed by atoms with Crippen molar-refractivity contribution in [3.8, 4) is 0 Å². The maximum Gasteiger partial charge on any atom is 0.175 e. The summed E-state index contributed by atoms with van der Waals surface area (Å²) in [6.07, 6.45) is 4.85. The van der Waals surface area contributed by atoms with Gasteiger partial charge in [-0.3, -0.25) is 0 Å². The lowest BCUT2D eigenvalue weighted by Crippen LogP contribution is -2.35. The summed E-state index contributed by atoms with van der Waals surface area (Å²) in [5, 5.41) is 3.10. The summed E-state index contributed by atoms with van der Waals surface area (Å²) >= 11 is 0. The molecule has 0 bridgehead atoms. The predicted molar refractivity (Wildman–Crippen MR) is 89.1 cm³/mol. The van der Waals surface area contributed by atoms with E-state index in [-0.39, 0.29) is 6.04 Å². The van der Waals surface area contributed by atoms with Crippen LogP contribution in [0.5, 0.6) is 0 Å². The Balaban J connectivity index is 3.15. The highest BCUT2D eigenvalue weighted by Crippen LogP contribution is 2.22. The minimum atomic E-state index is -3.20. The summed E-state index contributed by atoms with van der Waals surface area (Å²) in [7, 11) is -3.20. The Bertz CT molecular complexity index is 619. The van der Waals surface area contributed by atoms with Gasteiger partial charge in [0, 0.05) is 23.7 Å². The average Bonchev–Trinajstić information content (AvgIpc) is 2.42. The first-order chi connectivity index (χ1) is 9.79. The summed E-state index contributed by atoms with van der Waals surface area (Å²) in [5.41, 5.74) is 1.90. The van der Waals surface area contributed by atoms with Crippen LogP contribution in [-0.4, -0.2) is 27.3 Å². The standard InChI is InChI=1S/C16H24N2O2S/c1-6-14(17-7-2)12-18(13(3)4)15-9-8-10-16(11-15)21(5,19)20/h6-11,13,17H,2,12H2,1,3-5H3/b14-6-. The van der Waals surface area contributed by atoms with Crippen LogP contribution in [0.3, 0.4) is 0 Å².